The van der Waals surface area contributed by atoms with Gasteiger partial charge < -0.3 is 0 Å². The first kappa shape index (κ1) is 33.1. The first-order valence-electron chi connectivity index (χ1n) is 19.2. The van der Waals surface area contributed by atoms with Crippen LogP contribution >= 0.6 is 11.3 Å². The summed E-state index contributed by atoms with van der Waals surface area (Å²) in [4.78, 5) is 16.0. The summed E-state index contributed by atoms with van der Waals surface area (Å²) in [6.07, 6.45) is 0. The molecule has 0 aliphatic carbocycles. The third kappa shape index (κ3) is 5.95. The molecule has 0 unspecified atom stereocenters. The molecule has 0 bridgehead atoms. The molecule has 0 radical (unpaired) electrons. The summed E-state index contributed by atoms with van der Waals surface area (Å²) in [5.41, 5.74) is 9.85. The lowest BCUT2D eigenvalue weighted by atomic mass is 9.93. The van der Waals surface area contributed by atoms with Gasteiger partial charge in [0.25, 0.3) is 0 Å². The zero-order valence-corrected chi connectivity index (χ0v) is 31.6. The predicted molar refractivity (Wildman–Crippen MR) is 240 cm³/mol. The second kappa shape index (κ2) is 13.8. The largest absolute Gasteiger partial charge is 0.208 e. The highest BCUT2D eigenvalue weighted by molar-refractivity contribution is 7.26. The molecule has 9 aromatic carbocycles. The molecule has 0 saturated heterocycles. The molecule has 0 saturated carbocycles. The van der Waals surface area contributed by atoms with E-state index in [1.165, 1.54) is 42.1 Å². The Bertz CT molecular complexity index is 3280. The average Bonchev–Trinajstić information content (AvgIpc) is 3.68. The molecule has 11 aromatic rings. The Balaban J connectivity index is 1.08. The summed E-state index contributed by atoms with van der Waals surface area (Å²) >= 11 is 1.79. The van der Waals surface area contributed by atoms with Crippen LogP contribution in [0.3, 0.4) is 0 Å². The van der Waals surface area contributed by atoms with Crippen molar-refractivity contribution in [3.05, 3.63) is 200 Å². The minimum absolute atomic E-state index is 0.637. The van der Waals surface area contributed by atoms with Crippen molar-refractivity contribution >= 4 is 53.1 Å². The number of fused-ring (bicyclic) bond motifs is 5. The fourth-order valence-electron chi connectivity index (χ4n) is 8.08. The SMILES string of the molecule is c1ccc(-c2ccc3ccc(-c4ccc(-c5nc(-c6c(-c7ccccc7)ccc7ccccc67)nc(-c6cccc7c6sc6ccccc67)n5)cc4)cc3c2)cc1. The van der Waals surface area contributed by atoms with E-state index in [1.54, 1.807) is 11.3 Å². The zero-order chi connectivity index (χ0) is 37.7. The van der Waals surface area contributed by atoms with E-state index in [4.69, 9.17) is 15.0 Å². The van der Waals surface area contributed by atoms with Crippen molar-refractivity contribution in [3.63, 3.8) is 0 Å². The van der Waals surface area contributed by atoms with Gasteiger partial charge in [-0.1, -0.05) is 176 Å². The summed E-state index contributed by atoms with van der Waals surface area (Å²) < 4.78 is 2.42. The van der Waals surface area contributed by atoms with Crippen LogP contribution in [0.5, 0.6) is 0 Å². The maximum Gasteiger partial charge on any atom is 0.165 e. The van der Waals surface area contributed by atoms with E-state index in [-0.39, 0.29) is 0 Å². The van der Waals surface area contributed by atoms with Crippen LogP contribution in [-0.4, -0.2) is 15.0 Å². The molecule has 57 heavy (non-hydrogen) atoms. The Morgan fingerprint density at radius 3 is 1.63 bits per heavy atom. The van der Waals surface area contributed by atoms with Gasteiger partial charge in [-0.3, -0.25) is 0 Å². The molecule has 3 nitrogen and oxygen atoms in total. The van der Waals surface area contributed by atoms with Gasteiger partial charge in [-0.2, -0.15) is 0 Å². The minimum atomic E-state index is 0.637. The lowest BCUT2D eigenvalue weighted by Crippen LogP contribution is -2.02. The van der Waals surface area contributed by atoms with Crippen molar-refractivity contribution in [2.45, 2.75) is 0 Å². The number of thiophene rings is 1. The second-order valence-electron chi connectivity index (χ2n) is 14.4. The Labute approximate surface area is 334 Å². The van der Waals surface area contributed by atoms with E-state index < -0.39 is 0 Å². The van der Waals surface area contributed by atoms with Crippen molar-refractivity contribution in [1.29, 1.82) is 0 Å². The van der Waals surface area contributed by atoms with Crippen molar-refractivity contribution in [2.75, 3.05) is 0 Å². The van der Waals surface area contributed by atoms with Crippen LogP contribution in [-0.2, 0) is 0 Å². The molecular formula is C53H33N3S. The van der Waals surface area contributed by atoms with Crippen molar-refractivity contribution < 1.29 is 0 Å². The van der Waals surface area contributed by atoms with E-state index in [1.807, 2.05) is 0 Å². The van der Waals surface area contributed by atoms with Crippen LogP contribution in [0.1, 0.15) is 0 Å². The fourth-order valence-corrected chi connectivity index (χ4v) is 9.29. The van der Waals surface area contributed by atoms with E-state index >= 15 is 0 Å². The van der Waals surface area contributed by atoms with E-state index in [2.05, 4.69) is 200 Å². The van der Waals surface area contributed by atoms with Gasteiger partial charge in [-0.15, -0.1) is 11.3 Å². The smallest absolute Gasteiger partial charge is 0.165 e. The van der Waals surface area contributed by atoms with E-state index in [9.17, 15) is 0 Å². The minimum Gasteiger partial charge on any atom is -0.208 e. The third-order valence-electron chi connectivity index (χ3n) is 10.9. The lowest BCUT2D eigenvalue weighted by Gasteiger charge is -2.15. The van der Waals surface area contributed by atoms with Crippen LogP contribution < -0.4 is 0 Å². The Hall–Kier alpha value is -7.27. The molecule has 4 heteroatoms. The standard InChI is InChI=1S/C53H33N3S/c1-3-12-34(13-4-1)40-28-24-36-25-29-41(33-42(36)32-40)35-22-26-39(27-23-35)51-54-52(47-20-11-19-46-45-18-9-10-21-48(45)57-50(46)47)56-53(55-51)49-43-17-8-7-16-38(43)30-31-44(49)37-14-5-2-6-15-37/h1-33H. The summed E-state index contributed by atoms with van der Waals surface area (Å²) in [6.45, 7) is 0. The van der Waals surface area contributed by atoms with Gasteiger partial charge in [0.15, 0.2) is 17.5 Å². The van der Waals surface area contributed by atoms with Gasteiger partial charge in [0, 0.05) is 36.9 Å². The molecule has 0 N–H and O–H groups in total. The molecular weight excluding hydrogens is 711 g/mol. The number of rotatable bonds is 6. The highest BCUT2D eigenvalue weighted by Crippen LogP contribution is 2.42. The Morgan fingerprint density at radius 1 is 0.298 bits per heavy atom. The quantitative estimate of drug-likeness (QED) is 0.170. The van der Waals surface area contributed by atoms with Crippen LogP contribution in [0.15, 0.2) is 200 Å². The predicted octanol–water partition coefficient (Wildman–Crippen LogP) is 14.5. The molecule has 11 rings (SSSR count). The summed E-state index contributed by atoms with van der Waals surface area (Å²) in [6, 6.07) is 71.1. The molecule has 2 aromatic heterocycles. The van der Waals surface area contributed by atoms with Crippen LogP contribution in [0.25, 0.3) is 109 Å². The van der Waals surface area contributed by atoms with Crippen LogP contribution in [0.2, 0.25) is 0 Å². The zero-order valence-electron chi connectivity index (χ0n) is 30.8. The number of hydrogen-bond donors (Lipinski definition) is 0. The van der Waals surface area contributed by atoms with Crippen LogP contribution in [0, 0.1) is 0 Å². The van der Waals surface area contributed by atoms with Crippen molar-refractivity contribution in [2.24, 2.45) is 0 Å². The second-order valence-corrected chi connectivity index (χ2v) is 15.4. The number of aromatic nitrogens is 3. The highest BCUT2D eigenvalue weighted by Gasteiger charge is 2.20. The Morgan fingerprint density at radius 2 is 0.860 bits per heavy atom. The van der Waals surface area contributed by atoms with Gasteiger partial charge in [-0.25, -0.2) is 15.0 Å². The first-order chi connectivity index (χ1) is 28.2. The lowest BCUT2D eigenvalue weighted by molar-refractivity contribution is 1.08. The van der Waals surface area contributed by atoms with Gasteiger partial charge >= 0.3 is 0 Å². The molecule has 0 spiro atoms. The number of benzene rings is 9. The molecule has 266 valence electrons. The maximum absolute atomic E-state index is 5.36. The topological polar surface area (TPSA) is 38.7 Å². The third-order valence-corrected chi connectivity index (χ3v) is 12.2. The number of hydrogen-bond acceptors (Lipinski definition) is 4. The molecule has 0 aliphatic heterocycles. The van der Waals surface area contributed by atoms with Crippen molar-refractivity contribution in [1.82, 2.24) is 15.0 Å². The molecule has 0 aliphatic rings. The number of nitrogens with zero attached hydrogens (tertiary/aromatic N) is 3. The van der Waals surface area contributed by atoms with E-state index in [0.717, 1.165) is 49.7 Å². The van der Waals surface area contributed by atoms with Crippen LogP contribution in [0.4, 0.5) is 0 Å². The monoisotopic (exact) mass is 743 g/mol. The Kier molecular flexibility index (Phi) is 8.01. The maximum atomic E-state index is 5.36. The van der Waals surface area contributed by atoms with Gasteiger partial charge in [0.05, 0.1) is 0 Å². The fraction of sp³-hybridized carbons (Fsp3) is 0. The summed E-state index contributed by atoms with van der Waals surface area (Å²) in [7, 11) is 0. The first-order valence-corrected chi connectivity index (χ1v) is 20.0. The normalized spacial score (nSPS) is 11.5. The molecule has 0 amide bonds. The summed E-state index contributed by atoms with van der Waals surface area (Å²) in [5, 5.41) is 7.13. The molecule has 2 heterocycles. The van der Waals surface area contributed by atoms with Crippen molar-refractivity contribution in [3.8, 4) is 67.5 Å². The van der Waals surface area contributed by atoms with Gasteiger partial charge in [0.1, 0.15) is 0 Å². The van der Waals surface area contributed by atoms with Gasteiger partial charge in [0.2, 0.25) is 0 Å². The van der Waals surface area contributed by atoms with E-state index in [0.29, 0.717) is 17.5 Å². The molecule has 0 atom stereocenters. The molecule has 0 fully saturated rings. The highest BCUT2D eigenvalue weighted by atomic mass is 32.1. The average molecular weight is 744 g/mol. The van der Waals surface area contributed by atoms with Gasteiger partial charge in [-0.05, 0) is 79.2 Å². The summed E-state index contributed by atoms with van der Waals surface area (Å²) in [5.74, 6) is 1.95.